The standard InChI is InChI=1S/C15H19ClN2O5S/c1-24(20,21)18-5-4-14(15(19)17-6-8-22-9-7-17)23-13-3-2-11(16)10-12(13)18/h2-3,10,14H,4-9H2,1H3. The molecule has 1 fully saturated rings. The van der Waals surface area contributed by atoms with Gasteiger partial charge in [0.1, 0.15) is 5.75 Å². The molecule has 2 heterocycles. The molecule has 1 amide bonds. The van der Waals surface area contributed by atoms with E-state index in [1.165, 1.54) is 4.31 Å². The number of hydrogen-bond donors (Lipinski definition) is 0. The van der Waals surface area contributed by atoms with Crippen LogP contribution < -0.4 is 9.04 Å². The summed E-state index contributed by atoms with van der Waals surface area (Å²) in [4.78, 5) is 14.4. The monoisotopic (exact) mass is 374 g/mol. The zero-order valence-electron chi connectivity index (χ0n) is 13.3. The minimum absolute atomic E-state index is 0.144. The number of ether oxygens (including phenoxy) is 2. The Bertz CT molecular complexity index is 733. The zero-order chi connectivity index (χ0) is 17.3. The van der Waals surface area contributed by atoms with Crippen molar-refractivity contribution in [1.82, 2.24) is 4.90 Å². The van der Waals surface area contributed by atoms with Crippen LogP contribution in [0.3, 0.4) is 0 Å². The molecule has 1 aromatic rings. The maximum atomic E-state index is 12.7. The summed E-state index contributed by atoms with van der Waals surface area (Å²) in [6.45, 7) is 2.19. The highest BCUT2D eigenvalue weighted by Gasteiger charge is 2.33. The lowest BCUT2D eigenvalue weighted by molar-refractivity contribution is -0.142. The molecule has 1 unspecified atom stereocenters. The summed E-state index contributed by atoms with van der Waals surface area (Å²) in [5.41, 5.74) is 0.363. The third kappa shape index (κ3) is 3.60. The summed E-state index contributed by atoms with van der Waals surface area (Å²) in [6, 6.07) is 4.75. The highest BCUT2D eigenvalue weighted by molar-refractivity contribution is 7.92. The molecule has 0 radical (unpaired) electrons. The Kier molecular flexibility index (Phi) is 4.89. The van der Waals surface area contributed by atoms with Crippen LogP contribution in [-0.2, 0) is 19.6 Å². The van der Waals surface area contributed by atoms with Gasteiger partial charge in [-0.3, -0.25) is 9.10 Å². The number of halogens is 1. The fourth-order valence-corrected chi connectivity index (χ4v) is 3.96. The second-order valence-electron chi connectivity index (χ2n) is 5.78. The fourth-order valence-electron chi connectivity index (χ4n) is 2.86. The van der Waals surface area contributed by atoms with Gasteiger partial charge in [-0.05, 0) is 18.2 Å². The van der Waals surface area contributed by atoms with E-state index in [1.54, 1.807) is 23.1 Å². The number of nitrogens with zero attached hydrogens (tertiary/aromatic N) is 2. The van der Waals surface area contributed by atoms with Crippen molar-refractivity contribution in [3.05, 3.63) is 23.2 Å². The zero-order valence-corrected chi connectivity index (χ0v) is 14.8. The summed E-state index contributed by atoms with van der Waals surface area (Å²) in [5.74, 6) is 0.198. The Morgan fingerprint density at radius 3 is 2.62 bits per heavy atom. The van der Waals surface area contributed by atoms with Crippen LogP contribution >= 0.6 is 11.6 Å². The van der Waals surface area contributed by atoms with E-state index in [0.717, 1.165) is 6.26 Å². The quantitative estimate of drug-likeness (QED) is 0.775. The van der Waals surface area contributed by atoms with Crippen molar-refractivity contribution in [1.29, 1.82) is 0 Å². The molecule has 24 heavy (non-hydrogen) atoms. The lowest BCUT2D eigenvalue weighted by atomic mass is 10.2. The molecular formula is C15H19ClN2O5S. The van der Waals surface area contributed by atoms with E-state index in [1.807, 2.05) is 0 Å². The van der Waals surface area contributed by atoms with Crippen LogP contribution in [0.4, 0.5) is 5.69 Å². The van der Waals surface area contributed by atoms with E-state index in [2.05, 4.69) is 0 Å². The van der Waals surface area contributed by atoms with Crippen molar-refractivity contribution in [2.24, 2.45) is 0 Å². The van der Waals surface area contributed by atoms with Crippen LogP contribution in [0.1, 0.15) is 6.42 Å². The second kappa shape index (κ2) is 6.78. The number of fused-ring (bicyclic) bond motifs is 1. The van der Waals surface area contributed by atoms with Gasteiger partial charge in [-0.1, -0.05) is 11.6 Å². The molecule has 0 saturated carbocycles. The molecule has 0 N–H and O–H groups in total. The molecular weight excluding hydrogens is 356 g/mol. The van der Waals surface area contributed by atoms with Crippen LogP contribution in [-0.4, -0.2) is 64.4 Å². The normalized spacial score (nSPS) is 21.7. The van der Waals surface area contributed by atoms with E-state index in [-0.39, 0.29) is 18.9 Å². The van der Waals surface area contributed by atoms with E-state index >= 15 is 0 Å². The van der Waals surface area contributed by atoms with Crippen molar-refractivity contribution in [2.75, 3.05) is 43.4 Å². The van der Waals surface area contributed by atoms with Crippen molar-refractivity contribution >= 4 is 33.2 Å². The molecule has 0 bridgehead atoms. The first kappa shape index (κ1) is 17.3. The van der Waals surface area contributed by atoms with Gasteiger partial charge in [0.15, 0.2) is 6.10 Å². The molecule has 9 heteroatoms. The van der Waals surface area contributed by atoms with Gasteiger partial charge in [-0.2, -0.15) is 0 Å². The number of benzene rings is 1. The number of morpholine rings is 1. The third-order valence-corrected chi connectivity index (χ3v) is 5.47. The van der Waals surface area contributed by atoms with Crippen molar-refractivity contribution < 1.29 is 22.7 Å². The first-order valence-electron chi connectivity index (χ1n) is 7.67. The maximum Gasteiger partial charge on any atom is 0.263 e. The molecule has 2 aliphatic heterocycles. The molecule has 3 rings (SSSR count). The molecule has 1 saturated heterocycles. The summed E-state index contributed by atoms with van der Waals surface area (Å²) >= 11 is 6.00. The molecule has 1 aromatic carbocycles. The lowest BCUT2D eigenvalue weighted by Crippen LogP contribution is -2.47. The third-order valence-electron chi connectivity index (χ3n) is 4.05. The van der Waals surface area contributed by atoms with E-state index in [4.69, 9.17) is 21.1 Å². The minimum atomic E-state index is -3.50. The van der Waals surface area contributed by atoms with E-state index < -0.39 is 16.1 Å². The number of rotatable bonds is 2. The second-order valence-corrected chi connectivity index (χ2v) is 8.12. The van der Waals surface area contributed by atoms with Gasteiger partial charge in [0.2, 0.25) is 10.0 Å². The molecule has 0 spiro atoms. The molecule has 132 valence electrons. The smallest absolute Gasteiger partial charge is 0.263 e. The van der Waals surface area contributed by atoms with Gasteiger partial charge in [-0.15, -0.1) is 0 Å². The number of sulfonamides is 1. The SMILES string of the molecule is CS(=O)(=O)N1CCC(C(=O)N2CCOCC2)Oc2ccc(Cl)cc21. The van der Waals surface area contributed by atoms with Gasteiger partial charge >= 0.3 is 0 Å². The highest BCUT2D eigenvalue weighted by Crippen LogP contribution is 2.36. The van der Waals surface area contributed by atoms with Gasteiger partial charge in [0, 0.05) is 31.1 Å². The first-order valence-corrected chi connectivity index (χ1v) is 9.89. The Morgan fingerprint density at radius 2 is 1.96 bits per heavy atom. The number of anilines is 1. The Hall–Kier alpha value is -1.51. The average Bonchev–Trinajstić information content (AvgIpc) is 2.74. The van der Waals surface area contributed by atoms with E-state index in [0.29, 0.717) is 42.8 Å². The number of carbonyl (C=O) groups excluding carboxylic acids is 1. The van der Waals surface area contributed by atoms with Gasteiger partial charge in [0.05, 0.1) is 25.2 Å². The highest BCUT2D eigenvalue weighted by atomic mass is 35.5. The van der Waals surface area contributed by atoms with Gasteiger partial charge in [-0.25, -0.2) is 8.42 Å². The molecule has 2 aliphatic rings. The molecule has 0 aromatic heterocycles. The van der Waals surface area contributed by atoms with Crippen molar-refractivity contribution in [2.45, 2.75) is 12.5 Å². The number of amides is 1. The van der Waals surface area contributed by atoms with Crippen LogP contribution in [0.2, 0.25) is 5.02 Å². The summed E-state index contributed by atoms with van der Waals surface area (Å²) in [5, 5.41) is 0.406. The summed E-state index contributed by atoms with van der Waals surface area (Å²) in [6.07, 6.45) is 0.673. The van der Waals surface area contributed by atoms with Crippen molar-refractivity contribution in [3.63, 3.8) is 0 Å². The predicted octanol–water partition coefficient (Wildman–Crippen LogP) is 1.12. The molecule has 7 nitrogen and oxygen atoms in total. The van der Waals surface area contributed by atoms with Crippen LogP contribution in [0.5, 0.6) is 5.75 Å². The number of hydrogen-bond acceptors (Lipinski definition) is 5. The molecule has 1 atom stereocenters. The van der Waals surface area contributed by atoms with Gasteiger partial charge in [0.25, 0.3) is 5.91 Å². The maximum absolute atomic E-state index is 12.7. The van der Waals surface area contributed by atoms with E-state index in [9.17, 15) is 13.2 Å². The van der Waals surface area contributed by atoms with Crippen LogP contribution in [0.25, 0.3) is 0 Å². The molecule has 0 aliphatic carbocycles. The Labute approximate surface area is 146 Å². The Morgan fingerprint density at radius 1 is 1.25 bits per heavy atom. The predicted molar refractivity (Wildman–Crippen MR) is 90.1 cm³/mol. The number of carbonyl (C=O) groups is 1. The average molecular weight is 375 g/mol. The Balaban J connectivity index is 1.90. The summed E-state index contributed by atoms with van der Waals surface area (Å²) < 4.78 is 36.6. The topological polar surface area (TPSA) is 76.2 Å². The van der Waals surface area contributed by atoms with Gasteiger partial charge < -0.3 is 14.4 Å². The largest absolute Gasteiger partial charge is 0.478 e. The lowest BCUT2D eigenvalue weighted by Gasteiger charge is -2.30. The van der Waals surface area contributed by atoms with Crippen LogP contribution in [0.15, 0.2) is 18.2 Å². The first-order chi connectivity index (χ1) is 11.4. The van der Waals surface area contributed by atoms with Crippen LogP contribution in [0, 0.1) is 0 Å². The summed E-state index contributed by atoms with van der Waals surface area (Å²) in [7, 11) is -3.50. The minimum Gasteiger partial charge on any atom is -0.478 e. The fraction of sp³-hybridized carbons (Fsp3) is 0.533. The van der Waals surface area contributed by atoms with Crippen molar-refractivity contribution in [3.8, 4) is 5.75 Å².